The summed E-state index contributed by atoms with van der Waals surface area (Å²) >= 11 is 0. The first-order chi connectivity index (χ1) is 11.2. The Labute approximate surface area is 135 Å². The van der Waals surface area contributed by atoms with E-state index in [1.54, 1.807) is 4.90 Å². The van der Waals surface area contributed by atoms with E-state index in [1.807, 2.05) is 24.3 Å². The fourth-order valence-corrected chi connectivity index (χ4v) is 2.96. The van der Waals surface area contributed by atoms with Gasteiger partial charge in [-0.05, 0) is 29.3 Å². The molecule has 0 spiro atoms. The van der Waals surface area contributed by atoms with E-state index in [-0.39, 0.29) is 12.5 Å². The molecule has 23 heavy (non-hydrogen) atoms. The molecule has 2 N–H and O–H groups in total. The van der Waals surface area contributed by atoms with Crippen molar-refractivity contribution < 1.29 is 9.90 Å². The third-order valence-electron chi connectivity index (χ3n) is 4.20. The summed E-state index contributed by atoms with van der Waals surface area (Å²) in [5.41, 5.74) is 1.55. The Morgan fingerprint density at radius 3 is 2.74 bits per heavy atom. The normalized spacial score (nSPS) is 11.2. The second kappa shape index (κ2) is 6.84. The van der Waals surface area contributed by atoms with Crippen LogP contribution in [0, 0.1) is 0 Å². The molecule has 3 rings (SSSR count). The number of carbonyl (C=O) groups excluding carboxylic acids is 1. The molecule has 0 saturated carbocycles. The van der Waals surface area contributed by atoms with Crippen molar-refractivity contribution in [1.82, 2.24) is 9.88 Å². The van der Waals surface area contributed by atoms with Gasteiger partial charge in [0, 0.05) is 24.0 Å². The minimum atomic E-state index is -0.0484. The number of unbranched alkanes of at least 4 members (excludes halogenated alkanes) is 1. The summed E-state index contributed by atoms with van der Waals surface area (Å²) in [5.74, 6) is -0.0484. The average Bonchev–Trinajstić information content (AvgIpc) is 3.02. The lowest BCUT2D eigenvalue weighted by atomic mass is 10.1. The highest BCUT2D eigenvalue weighted by Gasteiger charge is 2.17. The molecule has 0 aliphatic heterocycles. The number of benzene rings is 2. The van der Waals surface area contributed by atoms with Crippen LogP contribution in [-0.2, 0) is 0 Å². The number of carbonyl (C=O) groups is 1. The smallest absolute Gasteiger partial charge is 0.270 e. The number of hydrogen-bond donors (Lipinski definition) is 2. The number of aliphatic hydroxyl groups excluding tert-OH is 1. The molecule has 0 atom stereocenters. The topological polar surface area (TPSA) is 56.3 Å². The van der Waals surface area contributed by atoms with Gasteiger partial charge in [0.05, 0.1) is 6.61 Å². The summed E-state index contributed by atoms with van der Waals surface area (Å²) in [6, 6.07) is 14.2. The molecule has 1 amide bonds. The molecular formula is C19H22N2O2. The van der Waals surface area contributed by atoms with Crippen LogP contribution >= 0.6 is 0 Å². The summed E-state index contributed by atoms with van der Waals surface area (Å²) in [7, 11) is 0. The number of H-pyrrole nitrogens is 1. The highest BCUT2D eigenvalue weighted by atomic mass is 16.3. The Morgan fingerprint density at radius 2 is 1.96 bits per heavy atom. The molecule has 0 aliphatic rings. The van der Waals surface area contributed by atoms with E-state index in [4.69, 9.17) is 0 Å². The molecule has 4 nitrogen and oxygen atoms in total. The van der Waals surface area contributed by atoms with E-state index >= 15 is 0 Å². The third kappa shape index (κ3) is 3.08. The molecule has 0 fully saturated rings. The lowest BCUT2D eigenvalue weighted by Gasteiger charge is -2.20. The zero-order chi connectivity index (χ0) is 16.2. The maximum absolute atomic E-state index is 12.7. The highest BCUT2D eigenvalue weighted by molar-refractivity contribution is 6.09. The van der Waals surface area contributed by atoms with E-state index in [2.05, 4.69) is 30.1 Å². The number of rotatable bonds is 6. The van der Waals surface area contributed by atoms with Gasteiger partial charge in [-0.2, -0.15) is 0 Å². The van der Waals surface area contributed by atoms with E-state index in [1.165, 1.54) is 0 Å². The minimum Gasteiger partial charge on any atom is -0.395 e. The molecule has 120 valence electrons. The van der Waals surface area contributed by atoms with Crippen LogP contribution < -0.4 is 0 Å². The second-order valence-corrected chi connectivity index (χ2v) is 5.80. The van der Waals surface area contributed by atoms with Crippen LogP contribution in [0.5, 0.6) is 0 Å². The summed E-state index contributed by atoms with van der Waals surface area (Å²) < 4.78 is 0. The van der Waals surface area contributed by atoms with E-state index in [0.29, 0.717) is 18.8 Å². The number of nitrogens with zero attached hydrogens (tertiary/aromatic N) is 1. The minimum absolute atomic E-state index is 0.0153. The predicted octanol–water partition coefficient (Wildman–Crippen LogP) is 3.56. The van der Waals surface area contributed by atoms with Gasteiger partial charge in [0.2, 0.25) is 0 Å². The van der Waals surface area contributed by atoms with Crippen LogP contribution in [0.2, 0.25) is 0 Å². The zero-order valence-electron chi connectivity index (χ0n) is 13.4. The molecule has 0 saturated heterocycles. The number of nitrogens with one attached hydrogen (secondary N) is 1. The Hall–Kier alpha value is -2.33. The van der Waals surface area contributed by atoms with Crippen molar-refractivity contribution in [2.45, 2.75) is 19.8 Å². The molecule has 4 heteroatoms. The van der Waals surface area contributed by atoms with Gasteiger partial charge in [0.1, 0.15) is 5.69 Å². The number of aromatic amines is 1. The molecule has 0 bridgehead atoms. The van der Waals surface area contributed by atoms with Gasteiger partial charge in [-0.15, -0.1) is 0 Å². The van der Waals surface area contributed by atoms with Gasteiger partial charge in [0.25, 0.3) is 5.91 Å². The molecule has 3 aromatic rings. The molecule has 1 aromatic heterocycles. The van der Waals surface area contributed by atoms with E-state index < -0.39 is 0 Å². The van der Waals surface area contributed by atoms with Crippen LogP contribution in [-0.4, -0.2) is 40.6 Å². The van der Waals surface area contributed by atoms with Crippen molar-refractivity contribution in [2.75, 3.05) is 19.7 Å². The first-order valence-electron chi connectivity index (χ1n) is 8.15. The molecule has 1 heterocycles. The summed E-state index contributed by atoms with van der Waals surface area (Å²) in [4.78, 5) is 17.7. The van der Waals surface area contributed by atoms with Crippen molar-refractivity contribution in [2.24, 2.45) is 0 Å². The van der Waals surface area contributed by atoms with Gasteiger partial charge >= 0.3 is 0 Å². The van der Waals surface area contributed by atoms with E-state index in [0.717, 1.165) is 34.5 Å². The average molecular weight is 310 g/mol. The summed E-state index contributed by atoms with van der Waals surface area (Å²) in [6.07, 6.45) is 1.96. The Kier molecular flexibility index (Phi) is 4.63. The van der Waals surface area contributed by atoms with Crippen molar-refractivity contribution >= 4 is 27.6 Å². The molecule has 0 radical (unpaired) electrons. The van der Waals surface area contributed by atoms with Gasteiger partial charge in [-0.3, -0.25) is 4.79 Å². The van der Waals surface area contributed by atoms with Crippen molar-refractivity contribution in [3.05, 3.63) is 48.2 Å². The summed E-state index contributed by atoms with van der Waals surface area (Å²) in [5, 5.41) is 12.6. The number of amides is 1. The first kappa shape index (κ1) is 15.6. The Morgan fingerprint density at radius 1 is 1.13 bits per heavy atom. The lowest BCUT2D eigenvalue weighted by Crippen LogP contribution is -2.34. The highest BCUT2D eigenvalue weighted by Crippen LogP contribution is 2.26. The predicted molar refractivity (Wildman–Crippen MR) is 93.7 cm³/mol. The standard InChI is InChI=1S/C19H22N2O2/c1-2-3-10-21(11-12-22)19(23)18-13-16-15-7-5-4-6-14(15)8-9-17(16)20-18/h4-9,13,20,22H,2-3,10-12H2,1H3. The largest absolute Gasteiger partial charge is 0.395 e. The van der Waals surface area contributed by atoms with Crippen molar-refractivity contribution in [3.63, 3.8) is 0 Å². The number of aliphatic hydroxyl groups is 1. The first-order valence-corrected chi connectivity index (χ1v) is 8.15. The third-order valence-corrected chi connectivity index (χ3v) is 4.20. The number of aromatic nitrogens is 1. The SMILES string of the molecule is CCCCN(CCO)C(=O)c1cc2c(ccc3ccccc32)[nH]1. The van der Waals surface area contributed by atoms with Crippen molar-refractivity contribution in [1.29, 1.82) is 0 Å². The molecular weight excluding hydrogens is 288 g/mol. The number of hydrogen-bond acceptors (Lipinski definition) is 2. The molecule has 2 aromatic carbocycles. The van der Waals surface area contributed by atoms with Crippen LogP contribution in [0.25, 0.3) is 21.7 Å². The van der Waals surface area contributed by atoms with Gasteiger partial charge in [-0.1, -0.05) is 43.7 Å². The number of fused-ring (bicyclic) bond motifs is 3. The van der Waals surface area contributed by atoms with Crippen molar-refractivity contribution in [3.8, 4) is 0 Å². The maximum Gasteiger partial charge on any atom is 0.270 e. The second-order valence-electron chi connectivity index (χ2n) is 5.80. The van der Waals surface area contributed by atoms with Crippen LogP contribution in [0.15, 0.2) is 42.5 Å². The zero-order valence-corrected chi connectivity index (χ0v) is 13.4. The van der Waals surface area contributed by atoms with E-state index in [9.17, 15) is 9.90 Å². The van der Waals surface area contributed by atoms with Gasteiger partial charge in [0.15, 0.2) is 0 Å². The maximum atomic E-state index is 12.7. The fraction of sp³-hybridized carbons (Fsp3) is 0.316. The Balaban J connectivity index is 1.98. The summed E-state index contributed by atoms with van der Waals surface area (Å²) in [6.45, 7) is 3.12. The van der Waals surface area contributed by atoms with Crippen LogP contribution in [0.1, 0.15) is 30.3 Å². The fourth-order valence-electron chi connectivity index (χ4n) is 2.96. The lowest BCUT2D eigenvalue weighted by molar-refractivity contribution is 0.0714. The monoisotopic (exact) mass is 310 g/mol. The quantitative estimate of drug-likeness (QED) is 0.731. The van der Waals surface area contributed by atoms with Crippen LogP contribution in [0.3, 0.4) is 0 Å². The van der Waals surface area contributed by atoms with Gasteiger partial charge < -0.3 is 15.0 Å². The molecule has 0 unspecified atom stereocenters. The van der Waals surface area contributed by atoms with Crippen LogP contribution in [0.4, 0.5) is 0 Å². The molecule has 0 aliphatic carbocycles. The van der Waals surface area contributed by atoms with Gasteiger partial charge in [-0.25, -0.2) is 0 Å². The Bertz CT molecular complexity index is 822.